The molecule has 1 saturated carbocycles. The summed E-state index contributed by atoms with van der Waals surface area (Å²) in [6.45, 7) is 2.33. The van der Waals surface area contributed by atoms with Crippen LogP contribution in [0.1, 0.15) is 19.8 Å². The molecular formula is C8H12. The lowest BCUT2D eigenvalue weighted by molar-refractivity contribution is 0.546. The highest BCUT2D eigenvalue weighted by molar-refractivity contribution is 5.06. The van der Waals surface area contributed by atoms with E-state index in [4.69, 9.17) is 0 Å². The van der Waals surface area contributed by atoms with Gasteiger partial charge in [0.15, 0.2) is 0 Å². The largest absolute Gasteiger partial charge is 0.0880 e. The summed E-state index contributed by atoms with van der Waals surface area (Å²) in [7, 11) is 0. The number of hydrogen-bond donors (Lipinski definition) is 0. The quantitative estimate of drug-likeness (QED) is 0.417. The molecule has 1 fully saturated rings. The molecule has 0 nitrogen and oxygen atoms in total. The summed E-state index contributed by atoms with van der Waals surface area (Å²) >= 11 is 0. The van der Waals surface area contributed by atoms with E-state index in [0.717, 1.165) is 17.8 Å². The molecule has 0 aromatic rings. The van der Waals surface area contributed by atoms with Crippen LogP contribution in [0.5, 0.6) is 0 Å². The molecule has 2 aliphatic rings. The van der Waals surface area contributed by atoms with E-state index in [0.29, 0.717) is 0 Å². The molecule has 8 heavy (non-hydrogen) atoms. The molecule has 3 unspecified atom stereocenters. The van der Waals surface area contributed by atoms with Crippen molar-refractivity contribution in [2.24, 2.45) is 17.8 Å². The highest BCUT2D eigenvalue weighted by Gasteiger charge is 2.40. The summed E-state index contributed by atoms with van der Waals surface area (Å²) in [5.74, 6) is 3.07. The summed E-state index contributed by atoms with van der Waals surface area (Å²) in [6.07, 6.45) is 7.59. The van der Waals surface area contributed by atoms with Gasteiger partial charge in [-0.1, -0.05) is 19.1 Å². The molecule has 0 amide bonds. The molecule has 44 valence electrons. The molecule has 0 N–H and O–H groups in total. The molecule has 0 heterocycles. The fourth-order valence-corrected chi connectivity index (χ4v) is 1.80. The first-order valence-electron chi connectivity index (χ1n) is 3.54. The molecule has 2 aliphatic carbocycles. The third kappa shape index (κ3) is 0.521. The summed E-state index contributed by atoms with van der Waals surface area (Å²) in [6, 6.07) is 0. The second-order valence-electron chi connectivity index (χ2n) is 3.18. The molecule has 0 aromatic heterocycles. The van der Waals surface area contributed by atoms with Crippen molar-refractivity contribution in [1.29, 1.82) is 0 Å². The van der Waals surface area contributed by atoms with E-state index in [9.17, 15) is 0 Å². The Morgan fingerprint density at radius 3 is 3.00 bits per heavy atom. The molecule has 0 radical (unpaired) electrons. The zero-order chi connectivity index (χ0) is 5.56. The molecule has 2 rings (SSSR count). The van der Waals surface area contributed by atoms with Crippen molar-refractivity contribution < 1.29 is 0 Å². The van der Waals surface area contributed by atoms with Crippen LogP contribution in [0.4, 0.5) is 0 Å². The topological polar surface area (TPSA) is 0 Å². The minimum Gasteiger partial charge on any atom is -0.0880 e. The van der Waals surface area contributed by atoms with E-state index in [2.05, 4.69) is 19.1 Å². The van der Waals surface area contributed by atoms with Gasteiger partial charge in [0, 0.05) is 0 Å². The Bertz CT molecular complexity index is 124. The van der Waals surface area contributed by atoms with Crippen LogP contribution in [-0.4, -0.2) is 0 Å². The molecule has 3 atom stereocenters. The predicted molar refractivity (Wildman–Crippen MR) is 34.5 cm³/mol. The highest BCUT2D eigenvalue weighted by Crippen LogP contribution is 2.49. The van der Waals surface area contributed by atoms with Gasteiger partial charge in [-0.25, -0.2) is 0 Å². The Kier molecular flexibility index (Phi) is 0.787. The van der Waals surface area contributed by atoms with Crippen LogP contribution in [0.15, 0.2) is 12.2 Å². The van der Waals surface area contributed by atoms with Crippen molar-refractivity contribution in [2.75, 3.05) is 0 Å². The van der Waals surface area contributed by atoms with Crippen LogP contribution in [-0.2, 0) is 0 Å². The zero-order valence-corrected chi connectivity index (χ0v) is 5.30. The molecule has 0 saturated heterocycles. The lowest BCUT2D eigenvalue weighted by Gasteiger charge is -2.08. The highest BCUT2D eigenvalue weighted by atomic mass is 14.5. The van der Waals surface area contributed by atoms with Crippen molar-refractivity contribution in [3.05, 3.63) is 12.2 Å². The normalized spacial score (nSPS) is 50.9. The molecule has 0 aromatic carbocycles. The van der Waals surface area contributed by atoms with Gasteiger partial charge in [-0.2, -0.15) is 0 Å². The van der Waals surface area contributed by atoms with Gasteiger partial charge in [-0.15, -0.1) is 0 Å². The fraction of sp³-hybridized carbons (Fsp3) is 0.750. The Labute approximate surface area is 50.6 Å². The monoisotopic (exact) mass is 108 g/mol. The fourth-order valence-electron chi connectivity index (χ4n) is 1.80. The number of fused-ring (bicyclic) bond motifs is 1. The van der Waals surface area contributed by atoms with Crippen LogP contribution in [0, 0.1) is 17.8 Å². The second kappa shape index (κ2) is 1.37. The zero-order valence-electron chi connectivity index (χ0n) is 5.30. The van der Waals surface area contributed by atoms with Gasteiger partial charge in [-0.05, 0) is 30.6 Å². The number of allylic oxidation sites excluding steroid dienone is 2. The smallest absolute Gasteiger partial charge is 0.0231 e. The summed E-state index contributed by atoms with van der Waals surface area (Å²) in [5, 5.41) is 0. The standard InChI is InChI=1S/C8H12/c1-6-3-2-4-7-5-8(6)7/h2-3,6-8H,4-5H2,1H3. The number of hydrogen-bond acceptors (Lipinski definition) is 0. The maximum atomic E-state index is 2.37. The van der Waals surface area contributed by atoms with Gasteiger partial charge in [0.1, 0.15) is 0 Å². The van der Waals surface area contributed by atoms with E-state index in [1.165, 1.54) is 12.8 Å². The predicted octanol–water partition coefficient (Wildman–Crippen LogP) is 2.22. The van der Waals surface area contributed by atoms with Gasteiger partial charge in [0.05, 0.1) is 0 Å². The lowest BCUT2D eigenvalue weighted by Crippen LogP contribution is -1.98. The number of rotatable bonds is 0. The van der Waals surface area contributed by atoms with Crippen LogP contribution >= 0.6 is 0 Å². The van der Waals surface area contributed by atoms with Crippen molar-refractivity contribution in [1.82, 2.24) is 0 Å². The Morgan fingerprint density at radius 2 is 2.38 bits per heavy atom. The first-order valence-corrected chi connectivity index (χ1v) is 3.54. The van der Waals surface area contributed by atoms with Gasteiger partial charge in [-0.3, -0.25) is 0 Å². The van der Waals surface area contributed by atoms with Gasteiger partial charge in [0.2, 0.25) is 0 Å². The Balaban J connectivity index is 2.13. The van der Waals surface area contributed by atoms with Gasteiger partial charge >= 0.3 is 0 Å². The van der Waals surface area contributed by atoms with Crippen LogP contribution < -0.4 is 0 Å². The average Bonchev–Trinajstić information content (AvgIpc) is 2.45. The van der Waals surface area contributed by atoms with E-state index in [-0.39, 0.29) is 0 Å². The second-order valence-corrected chi connectivity index (χ2v) is 3.18. The van der Waals surface area contributed by atoms with Crippen molar-refractivity contribution in [2.45, 2.75) is 19.8 Å². The van der Waals surface area contributed by atoms with Crippen LogP contribution in [0.3, 0.4) is 0 Å². The van der Waals surface area contributed by atoms with Crippen molar-refractivity contribution >= 4 is 0 Å². The van der Waals surface area contributed by atoms with Crippen molar-refractivity contribution in [3.63, 3.8) is 0 Å². The van der Waals surface area contributed by atoms with E-state index in [1.807, 2.05) is 0 Å². The summed E-state index contributed by atoms with van der Waals surface area (Å²) in [4.78, 5) is 0. The minimum absolute atomic E-state index is 0.897. The molecule has 0 bridgehead atoms. The van der Waals surface area contributed by atoms with Crippen LogP contribution in [0.25, 0.3) is 0 Å². The van der Waals surface area contributed by atoms with Crippen molar-refractivity contribution in [3.8, 4) is 0 Å². The maximum absolute atomic E-state index is 2.37. The summed E-state index contributed by atoms with van der Waals surface area (Å²) in [5.41, 5.74) is 0. The van der Waals surface area contributed by atoms with E-state index in [1.54, 1.807) is 0 Å². The van der Waals surface area contributed by atoms with E-state index < -0.39 is 0 Å². The maximum Gasteiger partial charge on any atom is -0.0231 e. The Morgan fingerprint density at radius 1 is 1.50 bits per heavy atom. The average molecular weight is 108 g/mol. The van der Waals surface area contributed by atoms with E-state index >= 15 is 0 Å². The molecule has 0 aliphatic heterocycles. The Hall–Kier alpha value is -0.260. The molecular weight excluding hydrogens is 96.1 g/mol. The van der Waals surface area contributed by atoms with Gasteiger partial charge < -0.3 is 0 Å². The SMILES string of the molecule is CC1C=CCC2CC12. The molecule has 0 heteroatoms. The lowest BCUT2D eigenvalue weighted by atomic mass is 9.98. The third-order valence-electron chi connectivity index (χ3n) is 2.53. The van der Waals surface area contributed by atoms with Gasteiger partial charge in [0.25, 0.3) is 0 Å². The summed E-state index contributed by atoms with van der Waals surface area (Å²) < 4.78 is 0. The first-order chi connectivity index (χ1) is 3.88. The third-order valence-corrected chi connectivity index (χ3v) is 2.53. The van der Waals surface area contributed by atoms with Crippen LogP contribution in [0.2, 0.25) is 0 Å². The first kappa shape index (κ1) is 4.60. The molecule has 0 spiro atoms. The minimum atomic E-state index is 0.897.